The highest BCUT2D eigenvalue weighted by Crippen LogP contribution is 2.24. The third-order valence-corrected chi connectivity index (χ3v) is 1.97. The fourth-order valence-electron chi connectivity index (χ4n) is 0.651. The number of nitriles is 1. The molecule has 0 aliphatic heterocycles. The van der Waals surface area contributed by atoms with Crippen LogP contribution < -0.4 is 0 Å². The van der Waals surface area contributed by atoms with E-state index in [1.165, 1.54) is 0 Å². The lowest BCUT2D eigenvalue weighted by molar-refractivity contribution is 0.467. The Morgan fingerprint density at radius 2 is 2.18 bits per heavy atom. The van der Waals surface area contributed by atoms with E-state index >= 15 is 0 Å². The van der Waals surface area contributed by atoms with Crippen LogP contribution in [0.15, 0.2) is 12.1 Å². The van der Waals surface area contributed by atoms with E-state index in [4.69, 9.17) is 10.4 Å². The molecule has 1 rings (SSSR count). The quantitative estimate of drug-likeness (QED) is 0.727. The van der Waals surface area contributed by atoms with Gasteiger partial charge in [-0.15, -0.1) is 0 Å². The smallest absolute Gasteiger partial charge is 0.146 e. The highest BCUT2D eigenvalue weighted by molar-refractivity contribution is 14.1. The molecule has 0 spiro atoms. The molecule has 0 bridgehead atoms. The first-order valence-electron chi connectivity index (χ1n) is 2.73. The van der Waals surface area contributed by atoms with E-state index in [-0.39, 0.29) is 11.3 Å². The Morgan fingerprint density at radius 3 is 2.73 bits per heavy atom. The van der Waals surface area contributed by atoms with Crippen LogP contribution in [0.1, 0.15) is 5.56 Å². The van der Waals surface area contributed by atoms with Gasteiger partial charge in [-0.2, -0.15) is 5.26 Å². The molecule has 2 nitrogen and oxygen atoms in total. The van der Waals surface area contributed by atoms with Crippen molar-refractivity contribution in [2.24, 2.45) is 0 Å². The number of phenolic OH excluding ortho intramolecular Hbond substituents is 1. The fourth-order valence-corrected chi connectivity index (χ4v) is 1.24. The van der Waals surface area contributed by atoms with Gasteiger partial charge < -0.3 is 5.11 Å². The Bertz CT molecular complexity index is 332. The van der Waals surface area contributed by atoms with Crippen molar-refractivity contribution in [2.45, 2.75) is 0 Å². The van der Waals surface area contributed by atoms with E-state index < -0.39 is 5.82 Å². The largest absolute Gasteiger partial charge is 0.505 e. The van der Waals surface area contributed by atoms with Crippen LogP contribution in [-0.2, 0) is 0 Å². The number of benzene rings is 1. The van der Waals surface area contributed by atoms with Crippen molar-refractivity contribution in [3.63, 3.8) is 0 Å². The molecular weight excluding hydrogens is 260 g/mol. The molecule has 56 valence electrons. The molecule has 11 heavy (non-hydrogen) atoms. The molecule has 0 saturated heterocycles. The minimum atomic E-state index is -0.510. The Labute approximate surface area is 76.4 Å². The van der Waals surface area contributed by atoms with Crippen LogP contribution in [0.2, 0.25) is 0 Å². The number of aromatic hydroxyl groups is 1. The van der Waals surface area contributed by atoms with E-state index in [9.17, 15) is 4.39 Å². The lowest BCUT2D eigenvalue weighted by atomic mass is 10.2. The van der Waals surface area contributed by atoms with Crippen LogP contribution in [0.4, 0.5) is 4.39 Å². The Morgan fingerprint density at radius 1 is 1.55 bits per heavy atom. The van der Waals surface area contributed by atoms with Gasteiger partial charge in [-0.05, 0) is 34.7 Å². The molecule has 0 radical (unpaired) electrons. The van der Waals surface area contributed by atoms with Gasteiger partial charge in [0.25, 0.3) is 0 Å². The maximum atomic E-state index is 12.5. The highest BCUT2D eigenvalue weighted by Gasteiger charge is 2.06. The monoisotopic (exact) mass is 263 g/mol. The lowest BCUT2D eigenvalue weighted by Crippen LogP contribution is -1.83. The van der Waals surface area contributed by atoms with Crippen LogP contribution >= 0.6 is 22.6 Å². The summed E-state index contributed by atoms with van der Waals surface area (Å²) in [6, 6.07) is 3.84. The van der Waals surface area contributed by atoms with E-state index in [1.54, 1.807) is 28.7 Å². The third-order valence-electron chi connectivity index (χ3n) is 1.15. The van der Waals surface area contributed by atoms with Gasteiger partial charge in [0.15, 0.2) is 0 Å². The molecule has 0 atom stereocenters. The first-order chi connectivity index (χ1) is 5.15. The standard InChI is InChI=1S/C7H3FINO/c8-5-1-4(3-10)7(11)6(9)2-5/h1-2,11H. The summed E-state index contributed by atoms with van der Waals surface area (Å²) in [5, 5.41) is 17.5. The van der Waals surface area contributed by atoms with Gasteiger partial charge in [0.2, 0.25) is 0 Å². The van der Waals surface area contributed by atoms with E-state index in [0.717, 1.165) is 12.1 Å². The van der Waals surface area contributed by atoms with Crippen LogP contribution in [0.5, 0.6) is 5.75 Å². The number of hydrogen-bond donors (Lipinski definition) is 1. The topological polar surface area (TPSA) is 44.0 Å². The summed E-state index contributed by atoms with van der Waals surface area (Å²) in [5.74, 6) is -0.668. The van der Waals surface area contributed by atoms with Crippen molar-refractivity contribution in [2.75, 3.05) is 0 Å². The van der Waals surface area contributed by atoms with Gasteiger partial charge in [-0.3, -0.25) is 0 Å². The normalized spacial score (nSPS) is 9.18. The Balaban J connectivity index is 3.39. The van der Waals surface area contributed by atoms with Gasteiger partial charge in [-0.25, -0.2) is 4.39 Å². The zero-order valence-electron chi connectivity index (χ0n) is 5.31. The van der Waals surface area contributed by atoms with Gasteiger partial charge in [0, 0.05) is 0 Å². The predicted octanol–water partition coefficient (Wildman–Crippen LogP) is 2.01. The second kappa shape index (κ2) is 3.05. The first-order valence-corrected chi connectivity index (χ1v) is 3.81. The third kappa shape index (κ3) is 1.60. The first kappa shape index (κ1) is 8.27. The number of rotatable bonds is 0. The summed E-state index contributed by atoms with van der Waals surface area (Å²) >= 11 is 1.76. The molecule has 1 aromatic carbocycles. The summed E-state index contributed by atoms with van der Waals surface area (Å²) in [6.07, 6.45) is 0. The predicted molar refractivity (Wildman–Crippen MR) is 45.5 cm³/mol. The molecule has 0 aliphatic carbocycles. The van der Waals surface area contributed by atoms with Crippen LogP contribution in [0, 0.1) is 20.7 Å². The molecule has 0 aliphatic rings. The number of hydrogen-bond acceptors (Lipinski definition) is 2. The average Bonchev–Trinajstić information content (AvgIpc) is 1.96. The Kier molecular flexibility index (Phi) is 2.29. The van der Waals surface area contributed by atoms with Crippen LogP contribution in [0.3, 0.4) is 0 Å². The molecule has 0 unspecified atom stereocenters. The van der Waals surface area contributed by atoms with Crippen molar-refractivity contribution in [1.29, 1.82) is 5.26 Å². The second-order valence-electron chi connectivity index (χ2n) is 1.90. The summed E-state index contributed by atoms with van der Waals surface area (Å²) in [5.41, 5.74) is -0.0330. The molecule has 0 saturated carbocycles. The number of phenols is 1. The summed E-state index contributed by atoms with van der Waals surface area (Å²) < 4.78 is 12.9. The lowest BCUT2D eigenvalue weighted by Gasteiger charge is -1.97. The molecule has 1 N–H and O–H groups in total. The summed E-state index contributed by atoms with van der Waals surface area (Å²) in [6.45, 7) is 0. The minimum Gasteiger partial charge on any atom is -0.505 e. The van der Waals surface area contributed by atoms with Gasteiger partial charge in [0.05, 0.1) is 9.13 Å². The van der Waals surface area contributed by atoms with Crippen molar-refractivity contribution in [1.82, 2.24) is 0 Å². The molecule has 1 aromatic rings. The van der Waals surface area contributed by atoms with Crippen molar-refractivity contribution in [3.8, 4) is 11.8 Å². The minimum absolute atomic E-state index is 0.0330. The van der Waals surface area contributed by atoms with Crippen LogP contribution in [-0.4, -0.2) is 5.11 Å². The van der Waals surface area contributed by atoms with E-state index in [2.05, 4.69) is 0 Å². The fraction of sp³-hybridized carbons (Fsp3) is 0. The molecule has 0 fully saturated rings. The van der Waals surface area contributed by atoms with E-state index in [1.807, 2.05) is 0 Å². The molecule has 0 aromatic heterocycles. The summed E-state index contributed by atoms with van der Waals surface area (Å²) in [4.78, 5) is 0. The van der Waals surface area contributed by atoms with Gasteiger partial charge in [0.1, 0.15) is 17.6 Å². The molecule has 0 amide bonds. The SMILES string of the molecule is N#Cc1cc(F)cc(I)c1O. The van der Waals surface area contributed by atoms with Gasteiger partial charge >= 0.3 is 0 Å². The van der Waals surface area contributed by atoms with Crippen LogP contribution in [0.25, 0.3) is 0 Å². The molecular formula is C7H3FINO. The van der Waals surface area contributed by atoms with Gasteiger partial charge in [-0.1, -0.05) is 0 Å². The summed E-state index contributed by atoms with van der Waals surface area (Å²) in [7, 11) is 0. The van der Waals surface area contributed by atoms with Crippen molar-refractivity contribution in [3.05, 3.63) is 27.1 Å². The maximum absolute atomic E-state index is 12.5. The second-order valence-corrected chi connectivity index (χ2v) is 3.06. The highest BCUT2D eigenvalue weighted by atomic mass is 127. The zero-order chi connectivity index (χ0) is 8.43. The number of nitrogens with zero attached hydrogens (tertiary/aromatic N) is 1. The molecule has 4 heteroatoms. The van der Waals surface area contributed by atoms with Crippen molar-refractivity contribution < 1.29 is 9.50 Å². The average molecular weight is 263 g/mol. The van der Waals surface area contributed by atoms with E-state index in [0.29, 0.717) is 3.57 Å². The Hall–Kier alpha value is -0.830. The maximum Gasteiger partial charge on any atom is 0.146 e. The molecule has 0 heterocycles. The van der Waals surface area contributed by atoms with Crippen molar-refractivity contribution >= 4 is 22.6 Å². The zero-order valence-corrected chi connectivity index (χ0v) is 7.46. The number of halogens is 2.